The number of ether oxygens (including phenoxy) is 11. The maximum Gasteiger partial charge on any atom is 0.338 e. The highest BCUT2D eigenvalue weighted by atomic mass is 16.8. The molecule has 0 N–H and O–H groups in total. The maximum atomic E-state index is 13.5. The third kappa shape index (κ3) is 9.46. The lowest BCUT2D eigenvalue weighted by Crippen LogP contribution is -2.68. The van der Waals surface area contributed by atoms with E-state index in [0.717, 1.165) is 27.7 Å². The van der Waals surface area contributed by atoms with Gasteiger partial charge in [-0.3, -0.25) is 19.2 Å². The van der Waals surface area contributed by atoms with Crippen LogP contribution in [-0.2, 0) is 71.3 Å². The molecule has 0 saturated carbocycles. The lowest BCUT2D eigenvalue weighted by molar-refractivity contribution is -0.389. The van der Waals surface area contributed by atoms with E-state index in [0.29, 0.717) is 5.56 Å². The molecule has 276 valence electrons. The van der Waals surface area contributed by atoms with Crippen LogP contribution in [0.15, 0.2) is 60.7 Å². The largest absolute Gasteiger partial charge is 0.463 e. The minimum Gasteiger partial charge on any atom is -0.463 e. The zero-order chi connectivity index (χ0) is 36.7. The molecule has 51 heavy (non-hydrogen) atoms. The van der Waals surface area contributed by atoms with Crippen LogP contribution in [0.4, 0.5) is 0 Å². The number of benzene rings is 2. The molecule has 16 heteroatoms. The van der Waals surface area contributed by atoms with E-state index in [1.807, 2.05) is 18.2 Å². The van der Waals surface area contributed by atoms with Gasteiger partial charge in [-0.1, -0.05) is 48.5 Å². The standard InChI is InChI=1S/C35H40O16/c1-18(36)42-16-24-26(44-19(2)37)28(45-20(3)38)31(46-21(4)39)35(48-24)51-29-27-25(17-43-33(50-27)23-14-10-7-11-15-23)47-34(41-5)30(29)49-32(40)22-12-8-6-9-13-22/h6-15,24-31,33-35H,16-17H2,1-5H3/t24-,25-,26-,27-,28+,29+,30-,31-,33?,34+,35+/m1/s1. The Bertz CT molecular complexity index is 1520. The summed E-state index contributed by atoms with van der Waals surface area (Å²) in [7, 11) is 1.34. The Morgan fingerprint density at radius 1 is 0.647 bits per heavy atom. The van der Waals surface area contributed by atoms with E-state index in [9.17, 15) is 24.0 Å². The smallest absolute Gasteiger partial charge is 0.338 e. The number of methoxy groups -OCH3 is 1. The highest BCUT2D eigenvalue weighted by Crippen LogP contribution is 2.39. The van der Waals surface area contributed by atoms with Crippen LogP contribution in [0.3, 0.4) is 0 Å². The van der Waals surface area contributed by atoms with Crippen LogP contribution in [0, 0.1) is 0 Å². The van der Waals surface area contributed by atoms with Crippen molar-refractivity contribution in [2.24, 2.45) is 0 Å². The van der Waals surface area contributed by atoms with Crippen LogP contribution in [0.1, 0.15) is 49.9 Å². The molecule has 3 saturated heterocycles. The molecule has 0 amide bonds. The van der Waals surface area contributed by atoms with E-state index in [-0.39, 0.29) is 12.2 Å². The summed E-state index contributed by atoms with van der Waals surface area (Å²) in [6.07, 6.45) is -14.1. The van der Waals surface area contributed by atoms with Gasteiger partial charge in [-0.15, -0.1) is 0 Å². The van der Waals surface area contributed by atoms with E-state index in [2.05, 4.69) is 0 Å². The summed E-state index contributed by atoms with van der Waals surface area (Å²) in [6, 6.07) is 17.2. The van der Waals surface area contributed by atoms with Crippen molar-refractivity contribution in [2.45, 2.75) is 95.4 Å². The van der Waals surface area contributed by atoms with Crippen molar-refractivity contribution in [1.29, 1.82) is 0 Å². The Kier molecular flexibility index (Phi) is 12.7. The van der Waals surface area contributed by atoms with Gasteiger partial charge in [0.2, 0.25) is 0 Å². The average Bonchev–Trinajstić information content (AvgIpc) is 3.10. The Balaban J connectivity index is 1.57. The first kappa shape index (κ1) is 37.8. The normalized spacial score (nSPS) is 31.7. The van der Waals surface area contributed by atoms with Crippen molar-refractivity contribution >= 4 is 29.8 Å². The molecule has 3 heterocycles. The molecule has 2 aromatic carbocycles. The summed E-state index contributed by atoms with van der Waals surface area (Å²) in [5.74, 6) is -3.87. The minimum atomic E-state index is -1.63. The second-order valence-corrected chi connectivity index (χ2v) is 11.9. The van der Waals surface area contributed by atoms with Crippen LogP contribution in [0.2, 0.25) is 0 Å². The molecule has 3 fully saturated rings. The quantitative estimate of drug-likeness (QED) is 0.243. The summed E-state index contributed by atoms with van der Waals surface area (Å²) < 4.78 is 64.9. The second kappa shape index (κ2) is 17.2. The van der Waals surface area contributed by atoms with Gasteiger partial charge in [0, 0.05) is 40.4 Å². The molecular weight excluding hydrogens is 676 g/mol. The van der Waals surface area contributed by atoms with Gasteiger partial charge in [-0.05, 0) is 12.1 Å². The van der Waals surface area contributed by atoms with Crippen molar-refractivity contribution in [3.05, 3.63) is 71.8 Å². The van der Waals surface area contributed by atoms with E-state index in [1.165, 1.54) is 7.11 Å². The molecule has 0 aromatic heterocycles. The van der Waals surface area contributed by atoms with E-state index in [4.69, 9.17) is 52.1 Å². The summed E-state index contributed by atoms with van der Waals surface area (Å²) in [4.78, 5) is 62.4. The van der Waals surface area contributed by atoms with Crippen molar-refractivity contribution in [3.63, 3.8) is 0 Å². The number of rotatable bonds is 11. The number of hydrogen-bond acceptors (Lipinski definition) is 16. The Hall–Kier alpha value is -4.45. The predicted molar refractivity (Wildman–Crippen MR) is 168 cm³/mol. The number of esters is 5. The highest BCUT2D eigenvalue weighted by molar-refractivity contribution is 5.89. The van der Waals surface area contributed by atoms with Crippen LogP contribution in [0.25, 0.3) is 0 Å². The van der Waals surface area contributed by atoms with Crippen molar-refractivity contribution in [1.82, 2.24) is 0 Å². The fourth-order valence-corrected chi connectivity index (χ4v) is 6.02. The fraction of sp³-hybridized carbons (Fsp3) is 0.514. The number of hydrogen-bond donors (Lipinski definition) is 0. The molecule has 2 aromatic rings. The lowest BCUT2D eigenvalue weighted by atomic mass is 9.95. The molecule has 0 spiro atoms. The molecule has 3 aliphatic rings. The number of fused-ring (bicyclic) bond motifs is 1. The monoisotopic (exact) mass is 716 g/mol. The minimum absolute atomic E-state index is 0.00186. The second-order valence-electron chi connectivity index (χ2n) is 11.9. The van der Waals surface area contributed by atoms with Gasteiger partial charge in [-0.25, -0.2) is 4.79 Å². The van der Waals surface area contributed by atoms with E-state index in [1.54, 1.807) is 42.5 Å². The van der Waals surface area contributed by atoms with Gasteiger partial charge >= 0.3 is 29.8 Å². The van der Waals surface area contributed by atoms with Gasteiger partial charge in [0.15, 0.2) is 43.3 Å². The first-order valence-electron chi connectivity index (χ1n) is 16.2. The van der Waals surface area contributed by atoms with Crippen LogP contribution < -0.4 is 0 Å². The van der Waals surface area contributed by atoms with Gasteiger partial charge in [-0.2, -0.15) is 0 Å². The van der Waals surface area contributed by atoms with E-state index < -0.39 is 104 Å². The van der Waals surface area contributed by atoms with Gasteiger partial charge in [0.05, 0.1) is 12.2 Å². The third-order valence-corrected chi connectivity index (χ3v) is 8.08. The molecule has 3 aliphatic heterocycles. The van der Waals surface area contributed by atoms with Crippen LogP contribution in [-0.4, -0.2) is 112 Å². The molecule has 16 nitrogen and oxygen atoms in total. The van der Waals surface area contributed by atoms with Crippen molar-refractivity contribution in [2.75, 3.05) is 20.3 Å². The Morgan fingerprint density at radius 2 is 1.24 bits per heavy atom. The Labute approximate surface area is 293 Å². The first-order chi connectivity index (χ1) is 24.4. The van der Waals surface area contributed by atoms with Crippen molar-refractivity contribution < 1.29 is 76.1 Å². The maximum absolute atomic E-state index is 13.5. The topological polar surface area (TPSA) is 187 Å². The predicted octanol–water partition coefficient (Wildman–Crippen LogP) is 2.17. The van der Waals surface area contributed by atoms with Crippen LogP contribution in [0.5, 0.6) is 0 Å². The molecule has 1 unspecified atom stereocenters. The Morgan fingerprint density at radius 3 is 1.84 bits per heavy atom. The molecule has 5 rings (SSSR count). The average molecular weight is 717 g/mol. The summed E-state index contributed by atoms with van der Waals surface area (Å²) >= 11 is 0. The summed E-state index contributed by atoms with van der Waals surface area (Å²) in [5.41, 5.74) is 0.893. The number of carbonyl (C=O) groups is 5. The first-order valence-corrected chi connectivity index (χ1v) is 16.2. The van der Waals surface area contributed by atoms with Crippen LogP contribution >= 0.6 is 0 Å². The van der Waals surface area contributed by atoms with E-state index >= 15 is 0 Å². The van der Waals surface area contributed by atoms with Gasteiger partial charge in [0.25, 0.3) is 0 Å². The summed E-state index contributed by atoms with van der Waals surface area (Å²) in [5, 5.41) is 0. The SMILES string of the molecule is CO[C@H]1O[C@@H]2COC(c3ccccc3)O[C@H]2[C@H](O[C@@H]2O[C@H](COC(C)=O)[C@@H](OC(C)=O)[C@H](OC(C)=O)[C@H]2OC(C)=O)[C@H]1OC(=O)c1ccccc1. The molecule has 11 atom stereocenters. The van der Waals surface area contributed by atoms with Gasteiger partial charge in [0.1, 0.15) is 31.0 Å². The van der Waals surface area contributed by atoms with Crippen molar-refractivity contribution in [3.8, 4) is 0 Å². The zero-order valence-corrected chi connectivity index (χ0v) is 28.6. The fourth-order valence-electron chi connectivity index (χ4n) is 6.02. The molecule has 0 aliphatic carbocycles. The lowest BCUT2D eigenvalue weighted by Gasteiger charge is -2.50. The summed E-state index contributed by atoms with van der Waals surface area (Å²) in [6.45, 7) is 4.00. The highest BCUT2D eigenvalue weighted by Gasteiger charge is 2.58. The molecule has 0 radical (unpaired) electrons. The third-order valence-electron chi connectivity index (χ3n) is 8.08. The molecular formula is C35H40O16. The van der Waals surface area contributed by atoms with Gasteiger partial charge < -0.3 is 52.1 Å². The zero-order valence-electron chi connectivity index (χ0n) is 28.6. The molecule has 0 bridgehead atoms. The number of carbonyl (C=O) groups excluding carboxylic acids is 5.